The predicted molar refractivity (Wildman–Crippen MR) is 80.7 cm³/mol. The summed E-state index contributed by atoms with van der Waals surface area (Å²) in [4.78, 5) is 15.6. The maximum atomic E-state index is 11.3. The minimum absolute atomic E-state index is 0.274. The zero-order valence-corrected chi connectivity index (χ0v) is 11.6. The van der Waals surface area contributed by atoms with Gasteiger partial charge in [0.05, 0.1) is 0 Å². The molecule has 20 heavy (non-hydrogen) atoms. The number of fused-ring (bicyclic) bond motifs is 1. The third-order valence-corrected chi connectivity index (χ3v) is 3.14. The summed E-state index contributed by atoms with van der Waals surface area (Å²) in [5.41, 5.74) is 6.57. The average Bonchev–Trinajstić information content (AvgIpc) is 2.37. The lowest BCUT2D eigenvalue weighted by molar-refractivity contribution is -0.138. The molecule has 0 saturated carbocycles. The second-order valence-electron chi connectivity index (χ2n) is 5.27. The van der Waals surface area contributed by atoms with Gasteiger partial charge in [0.15, 0.2) is 0 Å². The first-order valence-electron chi connectivity index (χ1n) is 6.61. The second-order valence-corrected chi connectivity index (χ2v) is 5.27. The molecule has 0 fully saturated rings. The van der Waals surface area contributed by atoms with Gasteiger partial charge in [-0.15, -0.1) is 0 Å². The molecular weight excluding hydrogens is 254 g/mol. The highest BCUT2D eigenvalue weighted by Crippen LogP contribution is 2.27. The Morgan fingerprint density at radius 2 is 2.15 bits per heavy atom. The fourth-order valence-corrected chi connectivity index (χ4v) is 2.23. The molecule has 2 aromatic rings. The Morgan fingerprint density at radius 3 is 2.80 bits per heavy atom. The Kier molecular flexibility index (Phi) is 4.08. The molecule has 0 radical (unpaired) electrons. The Morgan fingerprint density at radius 1 is 1.40 bits per heavy atom. The molecule has 0 amide bonds. The monoisotopic (exact) mass is 273 g/mol. The van der Waals surface area contributed by atoms with E-state index in [1.54, 1.807) is 12.3 Å². The summed E-state index contributed by atoms with van der Waals surface area (Å²) in [6.07, 6.45) is 2.18. The molecule has 0 aliphatic rings. The van der Waals surface area contributed by atoms with Crippen LogP contribution >= 0.6 is 0 Å². The Hall–Kier alpha value is -2.30. The van der Waals surface area contributed by atoms with Gasteiger partial charge < -0.3 is 16.2 Å². The van der Waals surface area contributed by atoms with E-state index in [1.165, 1.54) is 0 Å². The number of nitrogen functional groups attached to an aromatic ring is 1. The summed E-state index contributed by atoms with van der Waals surface area (Å²) in [6, 6.07) is 6.76. The van der Waals surface area contributed by atoms with Crippen LogP contribution in [0.2, 0.25) is 0 Å². The van der Waals surface area contributed by atoms with E-state index in [1.807, 2.05) is 32.0 Å². The first-order chi connectivity index (χ1) is 9.49. The van der Waals surface area contributed by atoms with Crippen molar-refractivity contribution in [2.45, 2.75) is 26.3 Å². The number of rotatable bonds is 5. The molecule has 1 aromatic carbocycles. The molecule has 0 spiro atoms. The van der Waals surface area contributed by atoms with Crippen LogP contribution in [0.25, 0.3) is 10.8 Å². The molecule has 1 aromatic heterocycles. The van der Waals surface area contributed by atoms with Gasteiger partial charge in [-0.1, -0.05) is 26.0 Å². The number of pyridine rings is 1. The van der Waals surface area contributed by atoms with Crippen LogP contribution in [0.3, 0.4) is 0 Å². The molecule has 1 atom stereocenters. The number of benzene rings is 1. The first-order valence-corrected chi connectivity index (χ1v) is 6.61. The van der Waals surface area contributed by atoms with E-state index < -0.39 is 12.0 Å². The van der Waals surface area contributed by atoms with Crippen molar-refractivity contribution in [1.29, 1.82) is 0 Å². The van der Waals surface area contributed by atoms with Crippen molar-refractivity contribution in [3.8, 4) is 0 Å². The van der Waals surface area contributed by atoms with Crippen LogP contribution in [-0.2, 0) is 4.79 Å². The zero-order chi connectivity index (χ0) is 14.7. The molecular formula is C15H19N3O2. The predicted octanol–water partition coefficient (Wildman–Crippen LogP) is 2.73. The standard InChI is InChI=1S/C15H19N3O2/c1-9(2)8-12(15(19)20)18-14-13-10(6-7-17-14)4-3-5-11(13)16/h3-7,9,12H,8,16H2,1-2H3,(H,17,18)(H,19,20). The number of hydrogen-bond acceptors (Lipinski definition) is 4. The number of carboxylic acid groups (broad SMARTS) is 1. The second kappa shape index (κ2) is 5.77. The molecule has 0 saturated heterocycles. The van der Waals surface area contributed by atoms with E-state index in [4.69, 9.17) is 5.73 Å². The quantitative estimate of drug-likeness (QED) is 0.729. The number of carboxylic acids is 1. The van der Waals surface area contributed by atoms with Crippen LogP contribution in [0.15, 0.2) is 30.5 Å². The lowest BCUT2D eigenvalue weighted by atomic mass is 10.0. The number of aromatic nitrogens is 1. The summed E-state index contributed by atoms with van der Waals surface area (Å²) in [6.45, 7) is 3.98. The van der Waals surface area contributed by atoms with Gasteiger partial charge in [-0.25, -0.2) is 9.78 Å². The topological polar surface area (TPSA) is 88.2 Å². The molecule has 2 rings (SSSR count). The van der Waals surface area contributed by atoms with E-state index >= 15 is 0 Å². The lowest BCUT2D eigenvalue weighted by Crippen LogP contribution is -2.31. The van der Waals surface area contributed by atoms with Crippen LogP contribution < -0.4 is 11.1 Å². The molecule has 1 unspecified atom stereocenters. The van der Waals surface area contributed by atoms with Crippen LogP contribution in [0.1, 0.15) is 20.3 Å². The van der Waals surface area contributed by atoms with Crippen molar-refractivity contribution in [1.82, 2.24) is 4.98 Å². The molecule has 1 heterocycles. The van der Waals surface area contributed by atoms with Crippen molar-refractivity contribution < 1.29 is 9.90 Å². The largest absolute Gasteiger partial charge is 0.480 e. The number of anilines is 2. The molecule has 0 aliphatic carbocycles. The summed E-state index contributed by atoms with van der Waals surface area (Å²) in [5.74, 6) is -0.0865. The number of hydrogen-bond donors (Lipinski definition) is 3. The molecule has 0 aliphatic heterocycles. The molecule has 5 heteroatoms. The van der Waals surface area contributed by atoms with Gasteiger partial charge in [0.1, 0.15) is 11.9 Å². The number of nitrogens with one attached hydrogen (secondary N) is 1. The van der Waals surface area contributed by atoms with Crippen molar-refractivity contribution in [2.24, 2.45) is 5.92 Å². The fourth-order valence-electron chi connectivity index (χ4n) is 2.23. The molecule has 0 bridgehead atoms. The van der Waals surface area contributed by atoms with Gasteiger partial charge in [-0.05, 0) is 29.9 Å². The maximum Gasteiger partial charge on any atom is 0.326 e. The van der Waals surface area contributed by atoms with E-state index in [2.05, 4.69) is 10.3 Å². The number of aliphatic carboxylic acids is 1. The molecule has 4 N–H and O–H groups in total. The number of nitrogens with zero attached hydrogens (tertiary/aromatic N) is 1. The maximum absolute atomic E-state index is 11.3. The van der Waals surface area contributed by atoms with Crippen LogP contribution in [0.4, 0.5) is 11.5 Å². The normalized spacial score (nSPS) is 12.6. The van der Waals surface area contributed by atoms with E-state index in [9.17, 15) is 9.90 Å². The summed E-state index contributed by atoms with van der Waals surface area (Å²) in [5, 5.41) is 14.0. The molecule has 106 valence electrons. The zero-order valence-electron chi connectivity index (χ0n) is 11.6. The van der Waals surface area contributed by atoms with Gasteiger partial charge in [0.2, 0.25) is 0 Å². The minimum Gasteiger partial charge on any atom is -0.480 e. The Bertz CT molecular complexity index is 620. The van der Waals surface area contributed by atoms with Crippen LogP contribution in [0.5, 0.6) is 0 Å². The van der Waals surface area contributed by atoms with Crippen molar-refractivity contribution in [2.75, 3.05) is 11.1 Å². The molecule has 5 nitrogen and oxygen atoms in total. The van der Waals surface area contributed by atoms with Gasteiger partial charge in [0, 0.05) is 17.3 Å². The lowest BCUT2D eigenvalue weighted by Gasteiger charge is -2.18. The highest BCUT2D eigenvalue weighted by Gasteiger charge is 2.20. The van der Waals surface area contributed by atoms with Gasteiger partial charge >= 0.3 is 5.97 Å². The van der Waals surface area contributed by atoms with E-state index in [0.717, 1.165) is 10.8 Å². The summed E-state index contributed by atoms with van der Waals surface area (Å²) >= 11 is 0. The average molecular weight is 273 g/mol. The third kappa shape index (κ3) is 2.99. The number of nitrogens with two attached hydrogens (primary N) is 1. The van der Waals surface area contributed by atoms with Crippen LogP contribution in [0, 0.1) is 5.92 Å². The first kappa shape index (κ1) is 14.1. The van der Waals surface area contributed by atoms with Gasteiger partial charge in [-0.3, -0.25) is 0 Å². The fraction of sp³-hybridized carbons (Fsp3) is 0.333. The highest BCUT2D eigenvalue weighted by atomic mass is 16.4. The minimum atomic E-state index is -0.882. The van der Waals surface area contributed by atoms with E-state index in [0.29, 0.717) is 17.9 Å². The van der Waals surface area contributed by atoms with Gasteiger partial charge in [0.25, 0.3) is 0 Å². The smallest absolute Gasteiger partial charge is 0.326 e. The van der Waals surface area contributed by atoms with Crippen molar-refractivity contribution >= 4 is 28.2 Å². The SMILES string of the molecule is CC(C)CC(Nc1nccc2cccc(N)c12)C(=O)O. The van der Waals surface area contributed by atoms with Crippen molar-refractivity contribution in [3.63, 3.8) is 0 Å². The third-order valence-electron chi connectivity index (χ3n) is 3.14. The van der Waals surface area contributed by atoms with Gasteiger partial charge in [-0.2, -0.15) is 0 Å². The number of carbonyl (C=O) groups is 1. The summed E-state index contributed by atoms with van der Waals surface area (Å²) in [7, 11) is 0. The van der Waals surface area contributed by atoms with Crippen molar-refractivity contribution in [3.05, 3.63) is 30.5 Å². The van der Waals surface area contributed by atoms with Crippen LogP contribution in [-0.4, -0.2) is 22.1 Å². The highest BCUT2D eigenvalue weighted by molar-refractivity contribution is 6.01. The Balaban J connectivity index is 2.39. The summed E-state index contributed by atoms with van der Waals surface area (Å²) < 4.78 is 0. The van der Waals surface area contributed by atoms with E-state index in [-0.39, 0.29) is 5.92 Å². The Labute approximate surface area is 117 Å².